The number of nitrogens with one attached hydrogen (secondary N) is 1. The molecule has 114 valence electrons. The summed E-state index contributed by atoms with van der Waals surface area (Å²) in [6.07, 6.45) is 5.45. The Labute approximate surface area is 130 Å². The van der Waals surface area contributed by atoms with E-state index < -0.39 is 0 Å². The SMILES string of the molecule is O=C(NCC1CCC(O)CC1)C1(c2ccc(Cl)cc2)CC1. The number of halogens is 1. The minimum Gasteiger partial charge on any atom is -0.393 e. The number of benzene rings is 1. The maximum Gasteiger partial charge on any atom is 0.230 e. The van der Waals surface area contributed by atoms with Crippen LogP contribution in [0.2, 0.25) is 5.02 Å². The lowest BCUT2D eigenvalue weighted by Gasteiger charge is -2.26. The van der Waals surface area contributed by atoms with Gasteiger partial charge in [0.05, 0.1) is 11.5 Å². The number of carbonyl (C=O) groups is 1. The lowest BCUT2D eigenvalue weighted by molar-refractivity contribution is -0.123. The molecule has 0 spiro atoms. The minimum atomic E-state index is -0.321. The average Bonchev–Trinajstić information content (AvgIpc) is 3.29. The molecule has 2 aliphatic rings. The molecule has 2 N–H and O–H groups in total. The molecule has 0 aliphatic heterocycles. The summed E-state index contributed by atoms with van der Waals surface area (Å²) in [5, 5.41) is 13.4. The fourth-order valence-electron chi connectivity index (χ4n) is 3.30. The monoisotopic (exact) mass is 307 g/mol. The molecule has 0 radical (unpaired) electrons. The van der Waals surface area contributed by atoms with Crippen molar-refractivity contribution >= 4 is 17.5 Å². The van der Waals surface area contributed by atoms with E-state index in [1.165, 1.54) is 0 Å². The molecule has 2 saturated carbocycles. The number of carbonyl (C=O) groups excluding carboxylic acids is 1. The van der Waals surface area contributed by atoms with Gasteiger partial charge in [-0.15, -0.1) is 0 Å². The first-order chi connectivity index (χ1) is 10.1. The van der Waals surface area contributed by atoms with Gasteiger partial charge in [0.2, 0.25) is 5.91 Å². The first kappa shape index (κ1) is 14.9. The molecule has 0 bridgehead atoms. The van der Waals surface area contributed by atoms with Crippen LogP contribution in [-0.4, -0.2) is 23.7 Å². The molecule has 3 nitrogen and oxygen atoms in total. The molecule has 0 aromatic heterocycles. The summed E-state index contributed by atoms with van der Waals surface area (Å²) in [6, 6.07) is 7.64. The van der Waals surface area contributed by atoms with Crippen LogP contribution < -0.4 is 5.32 Å². The first-order valence-electron chi connectivity index (χ1n) is 7.82. The zero-order valence-electron chi connectivity index (χ0n) is 12.1. The molecule has 2 fully saturated rings. The Morgan fingerprint density at radius 1 is 1.19 bits per heavy atom. The predicted octanol–water partition coefficient (Wildman–Crippen LogP) is 3.04. The van der Waals surface area contributed by atoms with E-state index in [9.17, 15) is 9.90 Å². The summed E-state index contributed by atoms with van der Waals surface area (Å²) in [5.74, 6) is 0.661. The van der Waals surface area contributed by atoms with Crippen LogP contribution >= 0.6 is 11.6 Å². The van der Waals surface area contributed by atoms with Crippen molar-refractivity contribution in [3.8, 4) is 0 Å². The second-order valence-corrected chi connectivity index (χ2v) is 6.91. The van der Waals surface area contributed by atoms with E-state index in [1.807, 2.05) is 24.3 Å². The van der Waals surface area contributed by atoms with Crippen molar-refractivity contribution in [3.63, 3.8) is 0 Å². The highest BCUT2D eigenvalue weighted by atomic mass is 35.5. The second kappa shape index (κ2) is 5.98. The Balaban J connectivity index is 1.56. The van der Waals surface area contributed by atoms with Gasteiger partial charge >= 0.3 is 0 Å². The van der Waals surface area contributed by atoms with Crippen molar-refractivity contribution in [2.24, 2.45) is 5.92 Å². The molecular weight excluding hydrogens is 286 g/mol. The van der Waals surface area contributed by atoms with Crippen molar-refractivity contribution in [2.45, 2.75) is 50.0 Å². The molecular formula is C17H22ClNO2. The Kier molecular flexibility index (Phi) is 4.23. The molecule has 0 saturated heterocycles. The van der Waals surface area contributed by atoms with Crippen molar-refractivity contribution < 1.29 is 9.90 Å². The van der Waals surface area contributed by atoms with Gasteiger partial charge in [0.15, 0.2) is 0 Å². The Bertz CT molecular complexity index is 502. The molecule has 0 heterocycles. The molecule has 0 atom stereocenters. The lowest BCUT2D eigenvalue weighted by atomic mass is 9.87. The van der Waals surface area contributed by atoms with Gasteiger partial charge in [-0.1, -0.05) is 23.7 Å². The van der Waals surface area contributed by atoms with E-state index in [2.05, 4.69) is 5.32 Å². The first-order valence-corrected chi connectivity index (χ1v) is 8.20. The number of aliphatic hydroxyl groups excluding tert-OH is 1. The molecule has 2 aliphatic carbocycles. The summed E-state index contributed by atoms with van der Waals surface area (Å²) in [5.41, 5.74) is 0.752. The third kappa shape index (κ3) is 3.24. The Morgan fingerprint density at radius 3 is 2.38 bits per heavy atom. The summed E-state index contributed by atoms with van der Waals surface area (Å²) in [6.45, 7) is 0.737. The molecule has 4 heteroatoms. The summed E-state index contributed by atoms with van der Waals surface area (Å²) >= 11 is 5.92. The lowest BCUT2D eigenvalue weighted by Crippen LogP contribution is -2.38. The van der Waals surface area contributed by atoms with Gasteiger partial charge < -0.3 is 10.4 Å². The molecule has 1 aromatic rings. The number of amides is 1. The van der Waals surface area contributed by atoms with Gasteiger partial charge in [0.25, 0.3) is 0 Å². The number of hydrogen-bond donors (Lipinski definition) is 2. The normalized spacial score (nSPS) is 27.1. The van der Waals surface area contributed by atoms with E-state index in [0.717, 1.165) is 50.6 Å². The van der Waals surface area contributed by atoms with Gasteiger partial charge in [-0.2, -0.15) is 0 Å². The highest BCUT2D eigenvalue weighted by Crippen LogP contribution is 2.48. The Hall–Kier alpha value is -1.06. The van der Waals surface area contributed by atoms with Gasteiger partial charge in [-0.3, -0.25) is 4.79 Å². The van der Waals surface area contributed by atoms with Crippen LogP contribution in [0.3, 0.4) is 0 Å². The molecule has 0 unspecified atom stereocenters. The number of aliphatic hydroxyl groups is 1. The topological polar surface area (TPSA) is 49.3 Å². The van der Waals surface area contributed by atoms with Crippen molar-refractivity contribution in [1.29, 1.82) is 0 Å². The number of rotatable bonds is 4. The number of hydrogen-bond acceptors (Lipinski definition) is 2. The third-order valence-corrected chi connectivity index (χ3v) is 5.20. The van der Waals surface area contributed by atoms with Crippen LogP contribution in [0.25, 0.3) is 0 Å². The van der Waals surface area contributed by atoms with Crippen LogP contribution in [-0.2, 0) is 10.2 Å². The highest BCUT2D eigenvalue weighted by molar-refractivity contribution is 6.30. The predicted molar refractivity (Wildman–Crippen MR) is 83.3 cm³/mol. The molecule has 1 amide bonds. The molecule has 3 rings (SSSR count). The van der Waals surface area contributed by atoms with Crippen molar-refractivity contribution in [1.82, 2.24) is 5.32 Å². The van der Waals surface area contributed by atoms with Gasteiger partial charge in [-0.25, -0.2) is 0 Å². The van der Waals surface area contributed by atoms with Gasteiger partial charge in [0.1, 0.15) is 0 Å². The summed E-state index contributed by atoms with van der Waals surface area (Å²) < 4.78 is 0. The van der Waals surface area contributed by atoms with Crippen LogP contribution in [0.15, 0.2) is 24.3 Å². The van der Waals surface area contributed by atoms with Crippen LogP contribution in [0.5, 0.6) is 0 Å². The summed E-state index contributed by atoms with van der Waals surface area (Å²) in [7, 11) is 0. The highest BCUT2D eigenvalue weighted by Gasteiger charge is 2.51. The zero-order valence-corrected chi connectivity index (χ0v) is 12.9. The van der Waals surface area contributed by atoms with Crippen LogP contribution in [0.1, 0.15) is 44.1 Å². The van der Waals surface area contributed by atoms with Gasteiger partial charge in [-0.05, 0) is 62.1 Å². The maximum absolute atomic E-state index is 12.5. The largest absolute Gasteiger partial charge is 0.393 e. The Morgan fingerprint density at radius 2 is 1.81 bits per heavy atom. The average molecular weight is 308 g/mol. The molecule has 1 aromatic carbocycles. The van der Waals surface area contributed by atoms with E-state index in [0.29, 0.717) is 10.9 Å². The summed E-state index contributed by atoms with van der Waals surface area (Å²) in [4.78, 5) is 12.5. The fraction of sp³-hybridized carbons (Fsp3) is 0.588. The van der Waals surface area contributed by atoms with Crippen molar-refractivity contribution in [3.05, 3.63) is 34.9 Å². The van der Waals surface area contributed by atoms with Crippen molar-refractivity contribution in [2.75, 3.05) is 6.54 Å². The van der Waals surface area contributed by atoms with E-state index in [-0.39, 0.29) is 17.4 Å². The zero-order chi connectivity index (χ0) is 14.9. The van der Waals surface area contributed by atoms with E-state index in [1.54, 1.807) is 0 Å². The van der Waals surface area contributed by atoms with Crippen LogP contribution in [0.4, 0.5) is 0 Å². The fourth-order valence-corrected chi connectivity index (χ4v) is 3.42. The van der Waals surface area contributed by atoms with E-state index >= 15 is 0 Å². The van der Waals surface area contributed by atoms with Gasteiger partial charge in [0, 0.05) is 11.6 Å². The maximum atomic E-state index is 12.5. The van der Waals surface area contributed by atoms with E-state index in [4.69, 9.17) is 11.6 Å². The minimum absolute atomic E-state index is 0.138. The third-order valence-electron chi connectivity index (χ3n) is 4.95. The smallest absolute Gasteiger partial charge is 0.230 e. The van der Waals surface area contributed by atoms with Crippen LogP contribution in [0, 0.1) is 5.92 Å². The quantitative estimate of drug-likeness (QED) is 0.898. The standard InChI is InChI=1S/C17H22ClNO2/c18-14-5-3-13(4-6-14)17(9-10-17)16(21)19-11-12-1-7-15(20)8-2-12/h3-6,12,15,20H,1-2,7-11H2,(H,19,21). The molecule has 21 heavy (non-hydrogen) atoms. The second-order valence-electron chi connectivity index (χ2n) is 6.47.